The predicted molar refractivity (Wildman–Crippen MR) is 138 cm³/mol. The van der Waals surface area contributed by atoms with Gasteiger partial charge in [0.25, 0.3) is 0 Å². The summed E-state index contributed by atoms with van der Waals surface area (Å²) in [6, 6.07) is 17.4. The number of carbonyl (C=O) groups excluding carboxylic acids is 3. The zero-order valence-electron chi connectivity index (χ0n) is 21.6. The van der Waals surface area contributed by atoms with Crippen LogP contribution in [-0.4, -0.2) is 98.3 Å². The van der Waals surface area contributed by atoms with Gasteiger partial charge < -0.3 is 14.5 Å². The number of likely N-dealkylation sites (N-methyl/N-ethyl adjacent to an activating group) is 2. The van der Waals surface area contributed by atoms with E-state index in [0.29, 0.717) is 37.5 Å². The highest BCUT2D eigenvalue weighted by Gasteiger charge is 2.54. The minimum absolute atomic E-state index is 0.0198. The van der Waals surface area contributed by atoms with Crippen molar-refractivity contribution < 1.29 is 19.1 Å². The standard InChI is InChI=1S/C28H36N4O4/c1-29(2)13-16-32-26(34)19-28(27(32)35,22-11-8-12-23(17-22)36-4)18-25(33)31-15-14-30(3)24(20-31)21-9-6-5-7-10-21/h5-12,17,24H,13-16,18-20H2,1-4H3. The van der Waals surface area contributed by atoms with Crippen molar-refractivity contribution in [2.45, 2.75) is 24.3 Å². The van der Waals surface area contributed by atoms with Crippen LogP contribution in [0.15, 0.2) is 54.6 Å². The van der Waals surface area contributed by atoms with Gasteiger partial charge in [-0.25, -0.2) is 0 Å². The summed E-state index contributed by atoms with van der Waals surface area (Å²) in [5.41, 5.74) is 0.567. The van der Waals surface area contributed by atoms with Crippen molar-refractivity contribution in [1.82, 2.24) is 19.6 Å². The number of nitrogens with zero attached hydrogens (tertiary/aromatic N) is 4. The van der Waals surface area contributed by atoms with E-state index in [4.69, 9.17) is 4.74 Å². The smallest absolute Gasteiger partial charge is 0.240 e. The highest BCUT2D eigenvalue weighted by molar-refractivity contribution is 6.10. The molecule has 8 heteroatoms. The highest BCUT2D eigenvalue weighted by Crippen LogP contribution is 2.41. The van der Waals surface area contributed by atoms with E-state index in [1.807, 2.05) is 54.2 Å². The Bertz CT molecular complexity index is 1110. The Morgan fingerprint density at radius 1 is 1.08 bits per heavy atom. The Balaban J connectivity index is 1.63. The summed E-state index contributed by atoms with van der Waals surface area (Å²) in [6.07, 6.45) is -0.0670. The van der Waals surface area contributed by atoms with Gasteiger partial charge in [-0.05, 0) is 44.4 Å². The van der Waals surface area contributed by atoms with Crippen LogP contribution in [0, 0.1) is 0 Å². The number of amides is 3. The second-order valence-corrected chi connectivity index (χ2v) is 10.1. The molecule has 2 atom stereocenters. The first kappa shape index (κ1) is 25.9. The Morgan fingerprint density at radius 2 is 1.83 bits per heavy atom. The molecule has 8 nitrogen and oxygen atoms in total. The van der Waals surface area contributed by atoms with Crippen molar-refractivity contribution in [3.05, 3.63) is 65.7 Å². The maximum absolute atomic E-state index is 13.9. The average Bonchev–Trinajstić information content (AvgIpc) is 3.12. The molecule has 2 fully saturated rings. The van der Waals surface area contributed by atoms with Crippen LogP contribution in [0.2, 0.25) is 0 Å². The highest BCUT2D eigenvalue weighted by atomic mass is 16.5. The summed E-state index contributed by atoms with van der Waals surface area (Å²) >= 11 is 0. The first-order chi connectivity index (χ1) is 17.2. The Labute approximate surface area is 213 Å². The molecule has 2 aromatic rings. The van der Waals surface area contributed by atoms with Gasteiger partial charge >= 0.3 is 0 Å². The minimum atomic E-state index is -1.24. The van der Waals surface area contributed by atoms with Crippen LogP contribution in [0.4, 0.5) is 0 Å². The molecule has 4 rings (SSSR count). The molecule has 0 spiro atoms. The van der Waals surface area contributed by atoms with E-state index in [-0.39, 0.29) is 36.6 Å². The quantitative estimate of drug-likeness (QED) is 0.526. The molecular formula is C28H36N4O4. The van der Waals surface area contributed by atoms with Crippen LogP contribution in [0.1, 0.15) is 30.0 Å². The van der Waals surface area contributed by atoms with E-state index in [1.54, 1.807) is 19.2 Å². The van der Waals surface area contributed by atoms with Crippen molar-refractivity contribution in [3.63, 3.8) is 0 Å². The maximum Gasteiger partial charge on any atom is 0.240 e. The van der Waals surface area contributed by atoms with Crippen LogP contribution in [-0.2, 0) is 19.8 Å². The molecule has 0 aromatic heterocycles. The van der Waals surface area contributed by atoms with E-state index in [1.165, 1.54) is 4.90 Å². The zero-order chi connectivity index (χ0) is 25.9. The lowest BCUT2D eigenvalue weighted by molar-refractivity contribution is -0.143. The second kappa shape index (κ2) is 10.8. The number of carbonyl (C=O) groups is 3. The van der Waals surface area contributed by atoms with Crippen molar-refractivity contribution >= 4 is 17.7 Å². The van der Waals surface area contributed by atoms with Crippen LogP contribution >= 0.6 is 0 Å². The van der Waals surface area contributed by atoms with Crippen LogP contribution < -0.4 is 4.74 Å². The number of hydrogen-bond donors (Lipinski definition) is 0. The molecule has 2 unspecified atom stereocenters. The molecule has 0 radical (unpaired) electrons. The van der Waals surface area contributed by atoms with E-state index in [0.717, 1.165) is 12.1 Å². The van der Waals surface area contributed by atoms with Gasteiger partial charge in [-0.15, -0.1) is 0 Å². The van der Waals surface area contributed by atoms with Crippen LogP contribution in [0.25, 0.3) is 0 Å². The normalized spacial score (nSPS) is 23.0. The number of rotatable bonds is 8. The first-order valence-corrected chi connectivity index (χ1v) is 12.4. The lowest BCUT2D eigenvalue weighted by Gasteiger charge is -2.41. The van der Waals surface area contributed by atoms with Gasteiger partial charge in [-0.3, -0.25) is 24.2 Å². The number of benzene rings is 2. The molecular weight excluding hydrogens is 456 g/mol. The fourth-order valence-corrected chi connectivity index (χ4v) is 5.22. The number of imide groups is 1. The van der Waals surface area contributed by atoms with E-state index >= 15 is 0 Å². The number of likely N-dealkylation sites (tertiary alicyclic amines) is 1. The van der Waals surface area contributed by atoms with Gasteiger partial charge in [-0.2, -0.15) is 0 Å². The monoisotopic (exact) mass is 492 g/mol. The third kappa shape index (κ3) is 5.15. The lowest BCUT2D eigenvalue weighted by Crippen LogP contribution is -2.51. The SMILES string of the molecule is COc1cccc(C2(CC(=O)N3CCN(C)C(c4ccccc4)C3)CC(=O)N(CCN(C)C)C2=O)c1. The number of piperazine rings is 1. The van der Waals surface area contributed by atoms with Gasteiger partial charge in [0.2, 0.25) is 17.7 Å². The number of methoxy groups -OCH3 is 1. The largest absolute Gasteiger partial charge is 0.497 e. The molecule has 2 heterocycles. The molecule has 2 aliphatic heterocycles. The summed E-state index contributed by atoms with van der Waals surface area (Å²) in [5, 5.41) is 0. The molecule has 0 aliphatic carbocycles. The van der Waals surface area contributed by atoms with Crippen molar-refractivity contribution in [2.24, 2.45) is 0 Å². The Hall–Kier alpha value is -3.23. The van der Waals surface area contributed by atoms with E-state index in [2.05, 4.69) is 24.1 Å². The molecule has 36 heavy (non-hydrogen) atoms. The second-order valence-electron chi connectivity index (χ2n) is 10.1. The summed E-state index contributed by atoms with van der Waals surface area (Å²) in [6.45, 7) is 2.73. The average molecular weight is 493 g/mol. The fraction of sp³-hybridized carbons (Fsp3) is 0.464. The fourth-order valence-electron chi connectivity index (χ4n) is 5.22. The van der Waals surface area contributed by atoms with E-state index in [9.17, 15) is 14.4 Å². The van der Waals surface area contributed by atoms with Crippen molar-refractivity contribution in [2.75, 3.05) is 61.0 Å². The molecule has 2 aliphatic rings. The number of ether oxygens (including phenoxy) is 1. The molecule has 0 saturated carbocycles. The summed E-state index contributed by atoms with van der Waals surface area (Å²) in [5.74, 6) is -0.0554. The van der Waals surface area contributed by atoms with Gasteiger partial charge in [0.15, 0.2) is 0 Å². The van der Waals surface area contributed by atoms with Gasteiger partial charge in [0.05, 0.1) is 18.6 Å². The van der Waals surface area contributed by atoms with Crippen LogP contribution in [0.3, 0.4) is 0 Å². The molecule has 2 saturated heterocycles. The van der Waals surface area contributed by atoms with Crippen LogP contribution in [0.5, 0.6) is 5.75 Å². The maximum atomic E-state index is 13.9. The van der Waals surface area contributed by atoms with Gasteiger partial charge in [0.1, 0.15) is 5.75 Å². The molecule has 0 bridgehead atoms. The predicted octanol–water partition coefficient (Wildman–Crippen LogP) is 2.16. The van der Waals surface area contributed by atoms with Crippen molar-refractivity contribution in [3.8, 4) is 5.75 Å². The van der Waals surface area contributed by atoms with E-state index < -0.39 is 5.41 Å². The molecule has 0 N–H and O–H groups in total. The van der Waals surface area contributed by atoms with Crippen molar-refractivity contribution in [1.29, 1.82) is 0 Å². The first-order valence-electron chi connectivity index (χ1n) is 12.4. The lowest BCUT2D eigenvalue weighted by atomic mass is 9.75. The molecule has 3 amide bonds. The topological polar surface area (TPSA) is 73.4 Å². The zero-order valence-corrected chi connectivity index (χ0v) is 21.6. The summed E-state index contributed by atoms with van der Waals surface area (Å²) < 4.78 is 5.41. The third-order valence-electron chi connectivity index (χ3n) is 7.44. The molecule has 192 valence electrons. The van der Waals surface area contributed by atoms with Gasteiger partial charge in [-0.1, -0.05) is 42.5 Å². The summed E-state index contributed by atoms with van der Waals surface area (Å²) in [7, 11) is 7.44. The minimum Gasteiger partial charge on any atom is -0.497 e. The number of hydrogen-bond acceptors (Lipinski definition) is 6. The Morgan fingerprint density at radius 3 is 2.53 bits per heavy atom. The third-order valence-corrected chi connectivity index (χ3v) is 7.44. The van der Waals surface area contributed by atoms with Gasteiger partial charge in [0, 0.05) is 45.6 Å². The molecule has 2 aromatic carbocycles. The Kier molecular flexibility index (Phi) is 7.76. The summed E-state index contributed by atoms with van der Waals surface area (Å²) in [4.78, 5) is 48.1.